The van der Waals surface area contributed by atoms with Gasteiger partial charge in [-0.05, 0) is 0 Å². The van der Waals surface area contributed by atoms with Gasteiger partial charge in [0, 0.05) is 26.1 Å². The minimum atomic E-state index is 0.315. The van der Waals surface area contributed by atoms with Crippen molar-refractivity contribution in [2.24, 2.45) is 0 Å². The van der Waals surface area contributed by atoms with Crippen LogP contribution in [0, 0.1) is 0 Å². The average molecular weight is 289 g/mol. The molecule has 0 aromatic carbocycles. The first-order valence-electron chi connectivity index (χ1n) is 6.12. The van der Waals surface area contributed by atoms with Gasteiger partial charge >= 0.3 is 0 Å². The van der Waals surface area contributed by atoms with Crippen LogP contribution in [0.5, 0.6) is 0 Å². The fourth-order valence-corrected chi connectivity index (χ4v) is 1.09. The molecule has 0 rings (SSSR count). The molecule has 0 spiro atoms. The summed E-state index contributed by atoms with van der Waals surface area (Å²) in [7, 11) is 12.7. The zero-order valence-electron chi connectivity index (χ0n) is 12.9. The zero-order valence-corrected chi connectivity index (χ0v) is 13.6. The smallest absolute Gasteiger partial charge is 0.0802 e. The van der Waals surface area contributed by atoms with Gasteiger partial charge in [0.25, 0.3) is 0 Å². The maximum atomic E-state index is 8.42. The average Bonchev–Trinajstić information content (AvgIpc) is 2.25. The van der Waals surface area contributed by atoms with Crippen LogP contribution in [0.1, 0.15) is 12.8 Å². The second kappa shape index (κ2) is 13.5. The molecular weight excluding hydrogens is 256 g/mol. The molecule has 0 fully saturated rings. The molecule has 6 heteroatoms. The quantitative estimate of drug-likeness (QED) is 0.616. The number of quaternary nitrogens is 2. The maximum absolute atomic E-state index is 8.42. The molecule has 18 heavy (non-hydrogen) atoms. The number of aliphatic hydroxyl groups excluding tert-OH is 2. The van der Waals surface area contributed by atoms with E-state index in [1.54, 1.807) is 0 Å². The van der Waals surface area contributed by atoms with Gasteiger partial charge in [0.2, 0.25) is 0 Å². The minimum absolute atomic E-state index is 0.315. The first-order chi connectivity index (χ1) is 8.12. The van der Waals surface area contributed by atoms with Crippen molar-refractivity contribution >= 4 is 11.9 Å². The van der Waals surface area contributed by atoms with Gasteiger partial charge in [0.1, 0.15) is 0 Å². The summed E-state index contributed by atoms with van der Waals surface area (Å²) >= 11 is 3.64. The lowest BCUT2D eigenvalue weighted by Crippen LogP contribution is -2.35. The highest BCUT2D eigenvalue weighted by Crippen LogP contribution is 1.91. The molecule has 0 aliphatic carbocycles. The molecular formula is C12H33ClN2O3+2. The number of rotatable bonds is 6. The first-order valence-corrected chi connectivity index (χ1v) is 6.46. The third-order valence-electron chi connectivity index (χ3n) is 1.97. The summed E-state index contributed by atoms with van der Waals surface area (Å²) in [6.45, 7) is 2.73. The Hall–Kier alpha value is 0.0900. The monoisotopic (exact) mass is 288 g/mol. The third kappa shape index (κ3) is 36.0. The molecule has 0 bridgehead atoms. The highest BCUT2D eigenvalue weighted by atomic mass is 35.5. The Labute approximate surface area is 118 Å². The molecule has 3 N–H and O–H groups in total. The number of nitrogens with zero attached hydrogens (tertiary/aromatic N) is 2. The summed E-state index contributed by atoms with van der Waals surface area (Å²) in [5.41, 5.74) is 0. The van der Waals surface area contributed by atoms with Gasteiger partial charge in [-0.3, -0.25) is 4.66 Å². The fraction of sp³-hybridized carbons (Fsp3) is 1.00. The van der Waals surface area contributed by atoms with Crippen LogP contribution in [-0.2, 0) is 0 Å². The van der Waals surface area contributed by atoms with Gasteiger partial charge < -0.3 is 19.2 Å². The van der Waals surface area contributed by atoms with Crippen LogP contribution in [0.15, 0.2) is 0 Å². The van der Waals surface area contributed by atoms with E-state index in [2.05, 4.69) is 54.2 Å². The molecule has 0 aliphatic heterocycles. The van der Waals surface area contributed by atoms with E-state index >= 15 is 0 Å². The van der Waals surface area contributed by atoms with Crippen LogP contribution >= 0.6 is 11.9 Å². The second-order valence-corrected chi connectivity index (χ2v) is 6.18. The number of aliphatic hydroxyl groups is 2. The standard InChI is InChI=1S/2C6H16NO.ClHO/c2*1-7(2,3)5-4-6-8;1-2/h2*8H,4-6H2,1-3H3;2H/q2*+1;. The Morgan fingerprint density at radius 3 is 0.944 bits per heavy atom. The lowest BCUT2D eigenvalue weighted by molar-refractivity contribution is -0.870. The Balaban J connectivity index is -0.000000219. The molecule has 0 heterocycles. The number of hydrogen-bond donors (Lipinski definition) is 3. The zero-order chi connectivity index (χ0) is 15.2. The molecule has 0 aromatic rings. The van der Waals surface area contributed by atoms with Crippen molar-refractivity contribution in [1.82, 2.24) is 0 Å². The predicted octanol–water partition coefficient (Wildman–Crippen LogP) is 0.283. The topological polar surface area (TPSA) is 60.7 Å². The van der Waals surface area contributed by atoms with Crippen molar-refractivity contribution < 1.29 is 23.8 Å². The third-order valence-corrected chi connectivity index (χ3v) is 1.97. The second-order valence-electron chi connectivity index (χ2n) is 6.18. The summed E-state index contributed by atoms with van der Waals surface area (Å²) < 4.78 is 8.36. The molecule has 114 valence electrons. The summed E-state index contributed by atoms with van der Waals surface area (Å²) in [5, 5.41) is 16.8. The van der Waals surface area contributed by atoms with Crippen molar-refractivity contribution in [2.45, 2.75) is 12.8 Å². The van der Waals surface area contributed by atoms with E-state index in [9.17, 15) is 0 Å². The van der Waals surface area contributed by atoms with E-state index < -0.39 is 0 Å². The summed E-state index contributed by atoms with van der Waals surface area (Å²) in [4.78, 5) is 0. The highest BCUT2D eigenvalue weighted by molar-refractivity contribution is 6.04. The van der Waals surface area contributed by atoms with Gasteiger partial charge in [0.05, 0.1) is 67.2 Å². The van der Waals surface area contributed by atoms with Crippen molar-refractivity contribution in [2.75, 3.05) is 68.6 Å². The molecule has 5 nitrogen and oxygen atoms in total. The highest BCUT2D eigenvalue weighted by Gasteiger charge is 2.04. The van der Waals surface area contributed by atoms with Gasteiger partial charge in [-0.1, -0.05) is 0 Å². The summed E-state index contributed by atoms with van der Waals surface area (Å²) in [6, 6.07) is 0. The molecule has 0 aliphatic rings. The molecule has 0 saturated heterocycles. The number of hydrogen-bond acceptors (Lipinski definition) is 3. The Bertz CT molecular complexity index is 138. The molecule has 0 saturated carbocycles. The van der Waals surface area contributed by atoms with Gasteiger partial charge in [-0.15, -0.1) is 0 Å². The van der Waals surface area contributed by atoms with Crippen LogP contribution in [0.4, 0.5) is 0 Å². The molecule has 0 unspecified atom stereocenters. The molecule has 0 aromatic heterocycles. The minimum Gasteiger partial charge on any atom is -0.396 e. The molecule has 0 amide bonds. The molecule has 0 radical (unpaired) electrons. The van der Waals surface area contributed by atoms with Crippen LogP contribution in [0.2, 0.25) is 0 Å². The molecule has 0 atom stereocenters. The lowest BCUT2D eigenvalue weighted by Gasteiger charge is -2.22. The number of halogens is 1. The Morgan fingerprint density at radius 2 is 0.889 bits per heavy atom. The van der Waals surface area contributed by atoms with E-state index in [0.29, 0.717) is 13.2 Å². The van der Waals surface area contributed by atoms with Crippen LogP contribution < -0.4 is 0 Å². The fourth-order valence-electron chi connectivity index (χ4n) is 1.09. The predicted molar refractivity (Wildman–Crippen MR) is 77.3 cm³/mol. The van der Waals surface area contributed by atoms with E-state index in [-0.39, 0.29) is 0 Å². The Morgan fingerprint density at radius 1 is 0.667 bits per heavy atom. The van der Waals surface area contributed by atoms with E-state index in [1.807, 2.05) is 0 Å². The van der Waals surface area contributed by atoms with Crippen molar-refractivity contribution in [3.8, 4) is 0 Å². The van der Waals surface area contributed by atoms with Crippen LogP contribution in [-0.4, -0.2) is 92.4 Å². The summed E-state index contributed by atoms with van der Waals surface area (Å²) in [5.74, 6) is 0. The van der Waals surface area contributed by atoms with Gasteiger partial charge in [0.15, 0.2) is 0 Å². The largest absolute Gasteiger partial charge is 0.396 e. The summed E-state index contributed by atoms with van der Waals surface area (Å²) in [6.07, 6.45) is 1.81. The van der Waals surface area contributed by atoms with E-state index in [4.69, 9.17) is 14.9 Å². The Kier molecular flexibility index (Phi) is 17.4. The van der Waals surface area contributed by atoms with Crippen LogP contribution in [0.25, 0.3) is 0 Å². The maximum Gasteiger partial charge on any atom is 0.0802 e. The van der Waals surface area contributed by atoms with Crippen molar-refractivity contribution in [1.29, 1.82) is 0 Å². The van der Waals surface area contributed by atoms with Gasteiger partial charge in [-0.25, -0.2) is 0 Å². The van der Waals surface area contributed by atoms with E-state index in [1.165, 1.54) is 0 Å². The van der Waals surface area contributed by atoms with Crippen LogP contribution in [0.3, 0.4) is 0 Å². The lowest BCUT2D eigenvalue weighted by atomic mass is 10.4. The normalized spacial score (nSPS) is 11.0. The van der Waals surface area contributed by atoms with Gasteiger partial charge in [-0.2, -0.15) is 0 Å². The van der Waals surface area contributed by atoms with E-state index in [0.717, 1.165) is 34.9 Å². The van der Waals surface area contributed by atoms with Crippen molar-refractivity contribution in [3.05, 3.63) is 0 Å². The first kappa shape index (κ1) is 23.2. The van der Waals surface area contributed by atoms with Crippen molar-refractivity contribution in [3.63, 3.8) is 0 Å². The SMILES string of the molecule is C[N+](C)(C)CCCO.C[N+](C)(C)CCCO.OCl.